The Kier molecular flexibility index (Phi) is 4.23. The second-order valence-corrected chi connectivity index (χ2v) is 7.50. The Bertz CT molecular complexity index is 1210. The number of hydrogen-bond acceptors (Lipinski definition) is 5. The van der Waals surface area contributed by atoms with E-state index in [0.717, 1.165) is 41.0 Å². The first-order chi connectivity index (χ1) is 14.2. The number of hydrogen-bond donors (Lipinski definition) is 0. The number of methoxy groups -OCH3 is 1. The number of nitrogens with zero attached hydrogens (tertiary/aromatic N) is 4. The number of benzene rings is 1. The van der Waals surface area contributed by atoms with Crippen molar-refractivity contribution in [3.63, 3.8) is 0 Å². The van der Waals surface area contributed by atoms with Gasteiger partial charge in [-0.15, -0.1) is 10.2 Å². The van der Waals surface area contributed by atoms with Crippen LogP contribution in [-0.2, 0) is 0 Å². The number of rotatable bonds is 3. The molecule has 0 N–H and O–H groups in total. The zero-order valence-corrected chi connectivity index (χ0v) is 16.5. The fourth-order valence-electron chi connectivity index (χ4n) is 4.19. The van der Waals surface area contributed by atoms with Gasteiger partial charge in [0.05, 0.1) is 7.11 Å². The highest BCUT2D eigenvalue weighted by molar-refractivity contribution is 5.99. The summed E-state index contributed by atoms with van der Waals surface area (Å²) >= 11 is 0. The van der Waals surface area contributed by atoms with Crippen LogP contribution in [-0.4, -0.2) is 45.6 Å². The molecule has 4 heterocycles. The van der Waals surface area contributed by atoms with E-state index in [9.17, 15) is 4.79 Å². The molecule has 7 heteroatoms. The number of fused-ring (bicyclic) bond motifs is 2. The largest absolute Gasteiger partial charge is 0.497 e. The Balaban J connectivity index is 1.44. The molecule has 3 aromatic heterocycles. The molecule has 29 heavy (non-hydrogen) atoms. The fourth-order valence-corrected chi connectivity index (χ4v) is 4.19. The molecular weight excluding hydrogens is 368 g/mol. The molecule has 1 saturated heterocycles. The van der Waals surface area contributed by atoms with Crippen LogP contribution >= 0.6 is 0 Å². The molecule has 1 aliphatic rings. The molecule has 1 amide bonds. The van der Waals surface area contributed by atoms with E-state index in [1.54, 1.807) is 7.11 Å². The molecule has 0 spiro atoms. The molecule has 5 rings (SSSR count). The van der Waals surface area contributed by atoms with Gasteiger partial charge in [-0.25, -0.2) is 0 Å². The average Bonchev–Trinajstić information content (AvgIpc) is 3.34. The van der Waals surface area contributed by atoms with Crippen LogP contribution in [0.3, 0.4) is 0 Å². The highest BCUT2D eigenvalue weighted by atomic mass is 16.5. The summed E-state index contributed by atoms with van der Waals surface area (Å²) in [7, 11) is 1.63. The maximum absolute atomic E-state index is 13.3. The molecule has 0 saturated carbocycles. The van der Waals surface area contributed by atoms with Crippen molar-refractivity contribution in [2.24, 2.45) is 0 Å². The van der Waals surface area contributed by atoms with Gasteiger partial charge in [0.15, 0.2) is 11.4 Å². The summed E-state index contributed by atoms with van der Waals surface area (Å²) in [6, 6.07) is 11.5. The van der Waals surface area contributed by atoms with Crippen LogP contribution in [0.25, 0.3) is 16.6 Å². The van der Waals surface area contributed by atoms with Gasteiger partial charge in [-0.2, -0.15) is 0 Å². The van der Waals surface area contributed by atoms with Gasteiger partial charge in [-0.1, -0.05) is 6.07 Å². The van der Waals surface area contributed by atoms with E-state index in [1.807, 2.05) is 58.8 Å². The molecule has 0 bridgehead atoms. The number of aryl methyl sites for hydroxylation is 1. The first kappa shape index (κ1) is 17.7. The van der Waals surface area contributed by atoms with Crippen LogP contribution in [0.5, 0.6) is 5.75 Å². The summed E-state index contributed by atoms with van der Waals surface area (Å²) in [6.45, 7) is 3.24. The molecule has 4 aromatic rings. The zero-order chi connectivity index (χ0) is 20.0. The molecule has 1 unspecified atom stereocenters. The maximum atomic E-state index is 13.3. The van der Waals surface area contributed by atoms with E-state index in [-0.39, 0.29) is 11.8 Å². The first-order valence-electron chi connectivity index (χ1n) is 9.82. The van der Waals surface area contributed by atoms with Crippen molar-refractivity contribution in [2.45, 2.75) is 25.7 Å². The van der Waals surface area contributed by atoms with Gasteiger partial charge < -0.3 is 14.1 Å². The quantitative estimate of drug-likeness (QED) is 0.532. The van der Waals surface area contributed by atoms with Crippen molar-refractivity contribution >= 4 is 22.5 Å². The zero-order valence-electron chi connectivity index (χ0n) is 16.5. The van der Waals surface area contributed by atoms with Crippen molar-refractivity contribution in [3.05, 3.63) is 59.7 Å². The number of amides is 1. The first-order valence-corrected chi connectivity index (χ1v) is 9.82. The van der Waals surface area contributed by atoms with Crippen LogP contribution < -0.4 is 4.74 Å². The van der Waals surface area contributed by atoms with E-state index in [0.29, 0.717) is 24.4 Å². The molecule has 1 atom stereocenters. The summed E-state index contributed by atoms with van der Waals surface area (Å²) < 4.78 is 13.2. The smallest absolute Gasteiger partial charge is 0.289 e. The summed E-state index contributed by atoms with van der Waals surface area (Å²) in [4.78, 5) is 15.2. The topological polar surface area (TPSA) is 72.9 Å². The Morgan fingerprint density at radius 2 is 2.14 bits per heavy atom. The lowest BCUT2D eigenvalue weighted by Crippen LogP contribution is -2.39. The van der Waals surface area contributed by atoms with Gasteiger partial charge >= 0.3 is 0 Å². The standard InChI is InChI=1S/C22H22N4O3/c1-14-17-12-16(28-2)8-9-18(17)29-20(14)22(27)25-10-5-6-15(13-25)21-24-23-19-7-3-4-11-26(19)21/h3-4,7-9,11-12,15H,5-6,10,13H2,1-2H3. The van der Waals surface area contributed by atoms with E-state index in [2.05, 4.69) is 10.2 Å². The third kappa shape index (κ3) is 2.93. The maximum Gasteiger partial charge on any atom is 0.289 e. The van der Waals surface area contributed by atoms with Crippen molar-refractivity contribution < 1.29 is 13.9 Å². The Morgan fingerprint density at radius 1 is 1.24 bits per heavy atom. The summed E-state index contributed by atoms with van der Waals surface area (Å²) in [5, 5.41) is 9.56. The lowest BCUT2D eigenvalue weighted by molar-refractivity contribution is 0.0673. The second-order valence-electron chi connectivity index (χ2n) is 7.50. The molecule has 1 aliphatic heterocycles. The number of carbonyl (C=O) groups excluding carboxylic acids is 1. The number of pyridine rings is 1. The average molecular weight is 390 g/mol. The van der Waals surface area contributed by atoms with Crippen LogP contribution in [0.2, 0.25) is 0 Å². The van der Waals surface area contributed by atoms with Gasteiger partial charge in [0.25, 0.3) is 5.91 Å². The number of aromatic nitrogens is 3. The lowest BCUT2D eigenvalue weighted by Gasteiger charge is -2.31. The molecule has 148 valence electrons. The fraction of sp³-hybridized carbons (Fsp3) is 0.318. The van der Waals surface area contributed by atoms with Crippen LogP contribution in [0.15, 0.2) is 47.0 Å². The number of ether oxygens (including phenoxy) is 1. The predicted octanol–water partition coefficient (Wildman–Crippen LogP) is 3.81. The highest BCUT2D eigenvalue weighted by Crippen LogP contribution is 2.32. The minimum Gasteiger partial charge on any atom is -0.497 e. The van der Waals surface area contributed by atoms with E-state index >= 15 is 0 Å². The van der Waals surface area contributed by atoms with E-state index < -0.39 is 0 Å². The Labute approximate surface area is 167 Å². The van der Waals surface area contributed by atoms with Gasteiger partial charge in [-0.3, -0.25) is 9.20 Å². The molecular formula is C22H22N4O3. The van der Waals surface area contributed by atoms with Crippen molar-refractivity contribution in [3.8, 4) is 5.75 Å². The van der Waals surface area contributed by atoms with Gasteiger partial charge in [0.1, 0.15) is 17.2 Å². The third-order valence-electron chi connectivity index (χ3n) is 5.75. The Hall–Kier alpha value is -3.35. The van der Waals surface area contributed by atoms with Crippen LogP contribution in [0.4, 0.5) is 0 Å². The number of piperidine rings is 1. The summed E-state index contributed by atoms with van der Waals surface area (Å²) in [6.07, 6.45) is 3.88. The molecule has 7 nitrogen and oxygen atoms in total. The Morgan fingerprint density at radius 3 is 3.00 bits per heavy atom. The number of furan rings is 1. The lowest BCUT2D eigenvalue weighted by atomic mass is 9.96. The number of likely N-dealkylation sites (tertiary alicyclic amines) is 1. The minimum absolute atomic E-state index is 0.0730. The van der Waals surface area contributed by atoms with Crippen molar-refractivity contribution in [1.82, 2.24) is 19.5 Å². The SMILES string of the molecule is COc1ccc2oc(C(=O)N3CCCC(c4nnc5ccccn45)C3)c(C)c2c1. The third-order valence-corrected chi connectivity index (χ3v) is 5.75. The molecule has 0 radical (unpaired) electrons. The van der Waals surface area contributed by atoms with Gasteiger partial charge in [0, 0.05) is 36.2 Å². The second kappa shape index (κ2) is 6.92. The molecule has 1 aromatic carbocycles. The summed E-state index contributed by atoms with van der Waals surface area (Å²) in [5.74, 6) is 2.13. The minimum atomic E-state index is -0.0730. The normalized spacial score (nSPS) is 17.2. The predicted molar refractivity (Wildman–Crippen MR) is 108 cm³/mol. The van der Waals surface area contributed by atoms with Crippen LogP contribution in [0.1, 0.15) is 40.7 Å². The van der Waals surface area contributed by atoms with E-state index in [4.69, 9.17) is 9.15 Å². The van der Waals surface area contributed by atoms with Gasteiger partial charge in [0.2, 0.25) is 0 Å². The molecule has 0 aliphatic carbocycles. The summed E-state index contributed by atoms with van der Waals surface area (Å²) in [5.41, 5.74) is 2.37. The van der Waals surface area contributed by atoms with Crippen LogP contribution in [0, 0.1) is 6.92 Å². The molecule has 1 fully saturated rings. The van der Waals surface area contributed by atoms with Crippen molar-refractivity contribution in [1.29, 1.82) is 0 Å². The van der Waals surface area contributed by atoms with Gasteiger partial charge in [-0.05, 0) is 50.1 Å². The highest BCUT2D eigenvalue weighted by Gasteiger charge is 2.31. The number of carbonyl (C=O) groups is 1. The van der Waals surface area contributed by atoms with Crippen molar-refractivity contribution in [2.75, 3.05) is 20.2 Å². The monoisotopic (exact) mass is 390 g/mol. The van der Waals surface area contributed by atoms with E-state index in [1.165, 1.54) is 0 Å².